The third kappa shape index (κ3) is 4.64. The van der Waals surface area contributed by atoms with Crippen LogP contribution in [0, 0.1) is 0 Å². The summed E-state index contributed by atoms with van der Waals surface area (Å²) in [5.41, 5.74) is 0. The van der Waals surface area contributed by atoms with Crippen LogP contribution in [0.15, 0.2) is 0 Å². The second-order valence-electron chi connectivity index (χ2n) is 2.15. The van der Waals surface area contributed by atoms with Crippen LogP contribution < -0.4 is 5.32 Å². The Hall–Kier alpha value is -0.220. The van der Waals surface area contributed by atoms with Gasteiger partial charge in [-0.3, -0.25) is 0 Å². The van der Waals surface area contributed by atoms with Crippen molar-refractivity contribution in [3.8, 4) is 0 Å². The van der Waals surface area contributed by atoms with Crippen LogP contribution >= 0.6 is 0 Å². The summed E-state index contributed by atoms with van der Waals surface area (Å²) >= 11 is 0. The van der Waals surface area contributed by atoms with Gasteiger partial charge in [0.1, 0.15) is 0 Å². The summed E-state index contributed by atoms with van der Waals surface area (Å²) < 4.78 is 23.5. The van der Waals surface area contributed by atoms with E-state index >= 15 is 0 Å². The minimum absolute atomic E-state index is 0.0446. The molecular weight excluding hydrogens is 140 g/mol. The van der Waals surface area contributed by atoms with Gasteiger partial charge in [-0.05, 0) is 19.9 Å². The van der Waals surface area contributed by atoms with Gasteiger partial charge in [-0.25, -0.2) is 8.78 Å². The molecule has 0 saturated carbocycles. The maximum Gasteiger partial charge on any atom is 0.253 e. The van der Waals surface area contributed by atoms with E-state index in [-0.39, 0.29) is 6.61 Å². The molecule has 0 rings (SSSR count). The summed E-state index contributed by atoms with van der Waals surface area (Å²) in [6.45, 7) is 1.91. The standard InChI is InChI=1S/C6H13F2NO/c1-5(6(7)8)9-3-2-4-10/h5-6,9-10H,2-4H2,1H3. The molecule has 0 amide bonds. The van der Waals surface area contributed by atoms with Gasteiger partial charge >= 0.3 is 0 Å². The fraction of sp³-hybridized carbons (Fsp3) is 1.00. The Labute approximate surface area is 59.2 Å². The number of rotatable bonds is 5. The normalized spacial score (nSPS) is 14.1. The molecule has 0 spiro atoms. The van der Waals surface area contributed by atoms with Crippen LogP contribution in [0.25, 0.3) is 0 Å². The zero-order chi connectivity index (χ0) is 7.98. The van der Waals surface area contributed by atoms with Gasteiger partial charge in [0.25, 0.3) is 6.43 Å². The van der Waals surface area contributed by atoms with Crippen molar-refractivity contribution in [3.63, 3.8) is 0 Å². The Morgan fingerprint density at radius 2 is 2.10 bits per heavy atom. The molecule has 2 N–H and O–H groups in total. The minimum Gasteiger partial charge on any atom is -0.396 e. The number of hydrogen-bond donors (Lipinski definition) is 2. The summed E-state index contributed by atoms with van der Waals surface area (Å²) in [7, 11) is 0. The molecule has 0 aromatic heterocycles. The van der Waals surface area contributed by atoms with Crippen LogP contribution in [0.5, 0.6) is 0 Å². The van der Waals surface area contributed by atoms with Crippen molar-refractivity contribution in [3.05, 3.63) is 0 Å². The smallest absolute Gasteiger partial charge is 0.253 e. The highest BCUT2D eigenvalue weighted by molar-refractivity contribution is 4.61. The zero-order valence-corrected chi connectivity index (χ0v) is 5.98. The Bertz CT molecular complexity index is 80.1. The molecule has 0 fully saturated rings. The molecule has 1 unspecified atom stereocenters. The Kier molecular flexibility index (Phi) is 5.43. The van der Waals surface area contributed by atoms with Crippen LogP contribution in [-0.2, 0) is 0 Å². The lowest BCUT2D eigenvalue weighted by molar-refractivity contribution is 0.105. The van der Waals surface area contributed by atoms with Crippen molar-refractivity contribution < 1.29 is 13.9 Å². The van der Waals surface area contributed by atoms with E-state index in [0.717, 1.165) is 0 Å². The Balaban J connectivity index is 3.13. The molecule has 0 bridgehead atoms. The molecule has 0 aliphatic rings. The second kappa shape index (κ2) is 5.56. The summed E-state index contributed by atoms with van der Waals surface area (Å²) in [6, 6.07) is -0.772. The zero-order valence-electron chi connectivity index (χ0n) is 5.98. The molecule has 62 valence electrons. The van der Waals surface area contributed by atoms with E-state index in [1.54, 1.807) is 0 Å². The molecule has 0 aliphatic carbocycles. The number of aliphatic hydroxyl groups excluding tert-OH is 1. The Morgan fingerprint density at radius 3 is 2.50 bits per heavy atom. The highest BCUT2D eigenvalue weighted by Gasteiger charge is 2.11. The van der Waals surface area contributed by atoms with Crippen LogP contribution in [0.2, 0.25) is 0 Å². The predicted molar refractivity (Wildman–Crippen MR) is 35.2 cm³/mol. The van der Waals surface area contributed by atoms with E-state index in [9.17, 15) is 8.78 Å². The predicted octanol–water partition coefficient (Wildman–Crippen LogP) is 0.612. The number of nitrogens with one attached hydrogen (secondary N) is 1. The maximum absolute atomic E-state index is 11.7. The SMILES string of the molecule is CC(NCCCO)C(F)F. The molecule has 0 aromatic carbocycles. The van der Waals surface area contributed by atoms with Crippen LogP contribution in [0.1, 0.15) is 13.3 Å². The highest BCUT2D eigenvalue weighted by atomic mass is 19.3. The third-order valence-electron chi connectivity index (χ3n) is 1.18. The van der Waals surface area contributed by atoms with E-state index in [4.69, 9.17) is 5.11 Å². The van der Waals surface area contributed by atoms with Crippen molar-refractivity contribution in [2.75, 3.05) is 13.2 Å². The van der Waals surface area contributed by atoms with Crippen molar-refractivity contribution in [1.29, 1.82) is 0 Å². The fourth-order valence-corrected chi connectivity index (χ4v) is 0.498. The highest BCUT2D eigenvalue weighted by Crippen LogP contribution is 1.98. The molecule has 2 nitrogen and oxygen atoms in total. The maximum atomic E-state index is 11.7. The van der Waals surface area contributed by atoms with Crippen LogP contribution in [0.3, 0.4) is 0 Å². The molecule has 0 heterocycles. The van der Waals surface area contributed by atoms with Crippen LogP contribution in [-0.4, -0.2) is 30.7 Å². The van der Waals surface area contributed by atoms with Crippen molar-refractivity contribution in [1.82, 2.24) is 5.32 Å². The summed E-state index contributed by atoms with van der Waals surface area (Å²) in [5.74, 6) is 0. The van der Waals surface area contributed by atoms with Gasteiger partial charge in [0.2, 0.25) is 0 Å². The first kappa shape index (κ1) is 9.78. The van der Waals surface area contributed by atoms with Gasteiger partial charge in [-0.1, -0.05) is 0 Å². The summed E-state index contributed by atoms with van der Waals surface area (Å²) in [6.07, 6.45) is -1.80. The van der Waals surface area contributed by atoms with Gasteiger partial charge in [-0.2, -0.15) is 0 Å². The molecular formula is C6H13F2NO. The van der Waals surface area contributed by atoms with Crippen LogP contribution in [0.4, 0.5) is 8.78 Å². The third-order valence-corrected chi connectivity index (χ3v) is 1.18. The number of alkyl halides is 2. The molecule has 0 aromatic rings. The van der Waals surface area contributed by atoms with Gasteiger partial charge in [-0.15, -0.1) is 0 Å². The summed E-state index contributed by atoms with van der Waals surface area (Å²) in [4.78, 5) is 0. The number of aliphatic hydroxyl groups is 1. The van der Waals surface area contributed by atoms with E-state index in [1.807, 2.05) is 0 Å². The monoisotopic (exact) mass is 153 g/mol. The second-order valence-corrected chi connectivity index (χ2v) is 2.15. The van der Waals surface area contributed by atoms with Gasteiger partial charge in [0, 0.05) is 6.61 Å². The molecule has 1 atom stereocenters. The first-order chi connectivity index (χ1) is 4.68. The fourth-order valence-electron chi connectivity index (χ4n) is 0.498. The summed E-state index contributed by atoms with van der Waals surface area (Å²) in [5, 5.41) is 10.9. The first-order valence-corrected chi connectivity index (χ1v) is 3.31. The van der Waals surface area contributed by atoms with Gasteiger partial charge in [0.05, 0.1) is 6.04 Å². The van der Waals surface area contributed by atoms with Gasteiger partial charge in [0.15, 0.2) is 0 Å². The van der Waals surface area contributed by atoms with Crippen molar-refractivity contribution >= 4 is 0 Å². The van der Waals surface area contributed by atoms with Crippen molar-refractivity contribution in [2.24, 2.45) is 0 Å². The van der Waals surface area contributed by atoms with Crippen molar-refractivity contribution in [2.45, 2.75) is 25.8 Å². The molecule has 0 aliphatic heterocycles. The van der Waals surface area contributed by atoms with E-state index in [2.05, 4.69) is 5.32 Å². The quantitative estimate of drug-likeness (QED) is 0.567. The topological polar surface area (TPSA) is 32.3 Å². The molecule has 0 saturated heterocycles. The Morgan fingerprint density at radius 1 is 1.50 bits per heavy atom. The molecule has 10 heavy (non-hydrogen) atoms. The largest absolute Gasteiger partial charge is 0.396 e. The minimum atomic E-state index is -2.32. The first-order valence-electron chi connectivity index (χ1n) is 3.31. The van der Waals surface area contributed by atoms with E-state index in [1.165, 1.54) is 6.92 Å². The lowest BCUT2D eigenvalue weighted by Gasteiger charge is -2.10. The molecule has 0 radical (unpaired) electrons. The molecule has 4 heteroatoms. The lowest BCUT2D eigenvalue weighted by Crippen LogP contribution is -2.33. The van der Waals surface area contributed by atoms with Gasteiger partial charge < -0.3 is 10.4 Å². The van der Waals surface area contributed by atoms with E-state index in [0.29, 0.717) is 13.0 Å². The average molecular weight is 153 g/mol. The number of hydrogen-bond acceptors (Lipinski definition) is 2. The number of halogens is 2. The lowest BCUT2D eigenvalue weighted by atomic mass is 10.3. The average Bonchev–Trinajstić information content (AvgIpc) is 1.88. The van der Waals surface area contributed by atoms with E-state index < -0.39 is 12.5 Å².